The second-order valence-electron chi connectivity index (χ2n) is 5.30. The van der Waals surface area contributed by atoms with Gasteiger partial charge in [-0.25, -0.2) is 0 Å². The Hall–Kier alpha value is -1.59. The molecule has 0 N–H and O–H groups in total. The highest BCUT2D eigenvalue weighted by Gasteiger charge is 2.35. The Morgan fingerprint density at radius 1 is 1.19 bits per heavy atom. The second-order valence-corrected chi connectivity index (χ2v) is 5.67. The molecule has 1 aromatic carbocycles. The fraction of sp³-hybridized carbons (Fsp3) is 0.467. The molecule has 1 atom stereocenters. The lowest BCUT2D eigenvalue weighted by Crippen LogP contribution is -2.37. The van der Waals surface area contributed by atoms with Gasteiger partial charge < -0.3 is 14.5 Å². The summed E-state index contributed by atoms with van der Waals surface area (Å²) in [7, 11) is 0. The van der Waals surface area contributed by atoms with E-state index in [0.29, 0.717) is 19.8 Å². The zero-order valence-electron chi connectivity index (χ0n) is 11.6. The standard InChI is InChI=1S/C15H17ClN2O3/c16-15(20)11-9-14(19)18(10-11)13-4-2-1-3-12(13)17-5-7-21-8-6-17/h1-4,11H,5-10H2/t11-/m0/s1. The highest BCUT2D eigenvalue weighted by Crippen LogP contribution is 2.34. The molecule has 0 aromatic heterocycles. The maximum atomic E-state index is 12.2. The number of halogens is 1. The lowest BCUT2D eigenvalue weighted by molar-refractivity contribution is -0.120. The molecule has 0 saturated carbocycles. The van der Waals surface area contributed by atoms with Gasteiger partial charge in [-0.3, -0.25) is 9.59 Å². The van der Waals surface area contributed by atoms with E-state index in [-0.39, 0.29) is 12.3 Å². The SMILES string of the molecule is O=C(Cl)[C@H]1CC(=O)N(c2ccccc2N2CCOCC2)C1. The van der Waals surface area contributed by atoms with Gasteiger partial charge in [0.05, 0.1) is 30.5 Å². The fourth-order valence-electron chi connectivity index (χ4n) is 2.86. The van der Waals surface area contributed by atoms with Crippen molar-refractivity contribution in [1.29, 1.82) is 0 Å². The summed E-state index contributed by atoms with van der Waals surface area (Å²) in [5.41, 5.74) is 1.86. The monoisotopic (exact) mass is 308 g/mol. The number of hydrogen-bond acceptors (Lipinski definition) is 4. The van der Waals surface area contributed by atoms with Gasteiger partial charge in [0.2, 0.25) is 11.1 Å². The normalized spacial score (nSPS) is 22.7. The minimum Gasteiger partial charge on any atom is -0.378 e. The van der Waals surface area contributed by atoms with Crippen molar-refractivity contribution in [3.05, 3.63) is 24.3 Å². The van der Waals surface area contributed by atoms with Crippen molar-refractivity contribution in [3.8, 4) is 0 Å². The number of nitrogens with zero attached hydrogens (tertiary/aromatic N) is 2. The lowest BCUT2D eigenvalue weighted by Gasteiger charge is -2.32. The first-order chi connectivity index (χ1) is 10.2. The molecule has 2 fully saturated rings. The van der Waals surface area contributed by atoms with Crippen molar-refractivity contribution >= 4 is 34.1 Å². The molecule has 0 bridgehead atoms. The first-order valence-electron chi connectivity index (χ1n) is 7.08. The second kappa shape index (κ2) is 6.03. The number of amides is 1. The zero-order chi connectivity index (χ0) is 14.8. The van der Waals surface area contributed by atoms with Gasteiger partial charge in [-0.2, -0.15) is 0 Å². The number of carbonyl (C=O) groups is 2. The van der Waals surface area contributed by atoms with E-state index in [1.165, 1.54) is 0 Å². The van der Waals surface area contributed by atoms with Crippen LogP contribution in [0.15, 0.2) is 24.3 Å². The van der Waals surface area contributed by atoms with Crippen LogP contribution in [0.3, 0.4) is 0 Å². The van der Waals surface area contributed by atoms with E-state index < -0.39 is 11.2 Å². The third-order valence-electron chi connectivity index (χ3n) is 3.97. The molecule has 3 rings (SSSR count). The summed E-state index contributed by atoms with van der Waals surface area (Å²) < 4.78 is 5.37. The van der Waals surface area contributed by atoms with Crippen LogP contribution >= 0.6 is 11.6 Å². The van der Waals surface area contributed by atoms with Crippen LogP contribution in [0, 0.1) is 5.92 Å². The Labute approximate surface area is 128 Å². The van der Waals surface area contributed by atoms with Crippen LogP contribution in [0.5, 0.6) is 0 Å². The minimum absolute atomic E-state index is 0.0466. The summed E-state index contributed by atoms with van der Waals surface area (Å²) in [6.07, 6.45) is 0.194. The minimum atomic E-state index is -0.435. The molecule has 112 valence electrons. The number of hydrogen-bond donors (Lipinski definition) is 0. The summed E-state index contributed by atoms with van der Waals surface area (Å²) in [6.45, 7) is 3.34. The van der Waals surface area contributed by atoms with E-state index in [2.05, 4.69) is 4.90 Å². The zero-order valence-corrected chi connectivity index (χ0v) is 12.4. The predicted molar refractivity (Wildman–Crippen MR) is 80.8 cm³/mol. The molecule has 2 saturated heterocycles. The van der Waals surface area contributed by atoms with Crippen LogP contribution in [0.4, 0.5) is 11.4 Å². The van der Waals surface area contributed by atoms with Crippen LogP contribution in [0.2, 0.25) is 0 Å². The smallest absolute Gasteiger partial charge is 0.227 e. The predicted octanol–water partition coefficient (Wildman–Crippen LogP) is 1.64. The molecule has 2 heterocycles. The van der Waals surface area contributed by atoms with E-state index >= 15 is 0 Å². The maximum Gasteiger partial charge on any atom is 0.227 e. The number of para-hydroxylation sites is 2. The summed E-state index contributed by atoms with van der Waals surface area (Å²) in [6, 6.07) is 7.79. The van der Waals surface area contributed by atoms with E-state index in [9.17, 15) is 9.59 Å². The van der Waals surface area contributed by atoms with Crippen LogP contribution in [-0.2, 0) is 14.3 Å². The van der Waals surface area contributed by atoms with Gasteiger partial charge in [0.25, 0.3) is 0 Å². The van der Waals surface area contributed by atoms with E-state index in [4.69, 9.17) is 16.3 Å². The number of carbonyl (C=O) groups excluding carboxylic acids is 2. The van der Waals surface area contributed by atoms with Crippen LogP contribution in [0.1, 0.15) is 6.42 Å². The quantitative estimate of drug-likeness (QED) is 0.797. The Bertz CT molecular complexity index is 558. The molecule has 2 aliphatic heterocycles. The average Bonchev–Trinajstić information content (AvgIpc) is 2.90. The van der Waals surface area contributed by atoms with Crippen molar-refractivity contribution in [1.82, 2.24) is 0 Å². The average molecular weight is 309 g/mol. The highest BCUT2D eigenvalue weighted by atomic mass is 35.5. The van der Waals surface area contributed by atoms with E-state index in [1.807, 2.05) is 24.3 Å². The van der Waals surface area contributed by atoms with Gasteiger partial charge in [-0.15, -0.1) is 0 Å². The van der Waals surface area contributed by atoms with E-state index in [1.54, 1.807) is 4.90 Å². The van der Waals surface area contributed by atoms with Crippen LogP contribution in [-0.4, -0.2) is 44.0 Å². The summed E-state index contributed by atoms with van der Waals surface area (Å²) >= 11 is 5.55. The summed E-state index contributed by atoms with van der Waals surface area (Å²) in [4.78, 5) is 27.4. The van der Waals surface area contributed by atoms with Crippen molar-refractivity contribution < 1.29 is 14.3 Å². The topological polar surface area (TPSA) is 49.9 Å². The number of ether oxygens (including phenoxy) is 1. The molecule has 0 unspecified atom stereocenters. The van der Waals surface area contributed by atoms with Crippen molar-refractivity contribution in [2.75, 3.05) is 42.6 Å². The first-order valence-corrected chi connectivity index (χ1v) is 7.46. The third kappa shape index (κ3) is 2.89. The van der Waals surface area contributed by atoms with Gasteiger partial charge in [-0.05, 0) is 23.7 Å². The first kappa shape index (κ1) is 14.4. The molecule has 0 radical (unpaired) electrons. The van der Waals surface area contributed by atoms with Gasteiger partial charge in [-0.1, -0.05) is 12.1 Å². The van der Waals surface area contributed by atoms with Crippen LogP contribution in [0.25, 0.3) is 0 Å². The number of morpholine rings is 1. The van der Waals surface area contributed by atoms with Gasteiger partial charge in [0.1, 0.15) is 0 Å². The number of benzene rings is 1. The molecule has 2 aliphatic rings. The maximum absolute atomic E-state index is 12.2. The largest absolute Gasteiger partial charge is 0.378 e. The van der Waals surface area contributed by atoms with Crippen molar-refractivity contribution in [3.63, 3.8) is 0 Å². The Morgan fingerprint density at radius 3 is 2.48 bits per heavy atom. The summed E-state index contributed by atoms with van der Waals surface area (Å²) in [5, 5.41) is -0.435. The number of rotatable bonds is 3. The summed E-state index contributed by atoms with van der Waals surface area (Å²) in [5.74, 6) is -0.452. The molecular formula is C15H17ClN2O3. The van der Waals surface area contributed by atoms with Crippen molar-refractivity contribution in [2.45, 2.75) is 6.42 Å². The van der Waals surface area contributed by atoms with Gasteiger partial charge in [0.15, 0.2) is 0 Å². The third-order valence-corrected chi connectivity index (χ3v) is 4.28. The molecule has 1 amide bonds. The molecule has 0 aliphatic carbocycles. The lowest BCUT2D eigenvalue weighted by atomic mass is 10.1. The molecular weight excluding hydrogens is 292 g/mol. The van der Waals surface area contributed by atoms with Crippen molar-refractivity contribution in [2.24, 2.45) is 5.92 Å². The van der Waals surface area contributed by atoms with E-state index in [0.717, 1.165) is 24.5 Å². The molecule has 21 heavy (non-hydrogen) atoms. The fourth-order valence-corrected chi connectivity index (χ4v) is 3.00. The molecule has 0 spiro atoms. The highest BCUT2D eigenvalue weighted by molar-refractivity contribution is 6.64. The number of anilines is 2. The molecule has 1 aromatic rings. The van der Waals surface area contributed by atoms with Gasteiger partial charge in [0, 0.05) is 26.1 Å². The Kier molecular flexibility index (Phi) is 4.12. The Morgan fingerprint density at radius 2 is 1.86 bits per heavy atom. The Balaban J connectivity index is 1.88. The van der Waals surface area contributed by atoms with Crippen LogP contribution < -0.4 is 9.80 Å². The van der Waals surface area contributed by atoms with Gasteiger partial charge >= 0.3 is 0 Å². The molecule has 5 nitrogen and oxygen atoms in total. The molecule has 6 heteroatoms.